The lowest BCUT2D eigenvalue weighted by molar-refractivity contribution is 0.102. The summed E-state index contributed by atoms with van der Waals surface area (Å²) in [6.07, 6.45) is 0. The Kier molecular flexibility index (Phi) is 5.15. The molecule has 1 amide bonds. The molecule has 4 N–H and O–H groups in total. The number of rotatable bonds is 4. The largest absolute Gasteiger partial charge is 0.506 e. The average molecular weight is 428 g/mol. The van der Waals surface area contributed by atoms with E-state index in [0.717, 1.165) is 5.56 Å². The topological polar surface area (TPSA) is 98.2 Å². The predicted octanol–water partition coefficient (Wildman–Crippen LogP) is 4.99. The molecule has 0 radical (unpaired) electrons. The van der Waals surface area contributed by atoms with E-state index in [9.17, 15) is 9.90 Å². The van der Waals surface area contributed by atoms with E-state index in [1.165, 1.54) is 12.1 Å². The van der Waals surface area contributed by atoms with E-state index >= 15 is 0 Å². The van der Waals surface area contributed by atoms with E-state index in [-0.39, 0.29) is 23.8 Å². The number of phenols is 1. The van der Waals surface area contributed by atoms with Crippen LogP contribution < -0.4 is 5.32 Å². The SMILES string of the molecule is O=C(Nc1ccc(CO)cc1)c1ccc(O)c2[nH]c(-c3ccc(Cl)cc3Cl)nc12. The lowest BCUT2D eigenvalue weighted by Gasteiger charge is -2.07. The van der Waals surface area contributed by atoms with Crippen LogP contribution in [0.4, 0.5) is 5.69 Å². The van der Waals surface area contributed by atoms with Gasteiger partial charge in [0.25, 0.3) is 5.91 Å². The molecule has 0 spiro atoms. The van der Waals surface area contributed by atoms with Crippen molar-refractivity contribution in [1.29, 1.82) is 0 Å². The van der Waals surface area contributed by atoms with Gasteiger partial charge in [0.05, 0.1) is 17.2 Å². The number of halogens is 2. The minimum Gasteiger partial charge on any atom is -0.506 e. The summed E-state index contributed by atoms with van der Waals surface area (Å²) in [5.41, 5.74) is 2.84. The number of phenolic OH excluding ortho intramolecular Hbond substituents is 1. The van der Waals surface area contributed by atoms with Crippen LogP contribution in [0.2, 0.25) is 10.0 Å². The van der Waals surface area contributed by atoms with Crippen molar-refractivity contribution < 1.29 is 15.0 Å². The van der Waals surface area contributed by atoms with Crippen LogP contribution in [0.15, 0.2) is 54.6 Å². The first kappa shape index (κ1) is 19.3. The minimum absolute atomic E-state index is 0.0346. The summed E-state index contributed by atoms with van der Waals surface area (Å²) in [6.45, 7) is -0.0733. The van der Waals surface area contributed by atoms with Crippen molar-refractivity contribution in [1.82, 2.24) is 9.97 Å². The fourth-order valence-corrected chi connectivity index (χ4v) is 3.46. The van der Waals surface area contributed by atoms with Crippen molar-refractivity contribution >= 4 is 45.8 Å². The minimum atomic E-state index is -0.382. The van der Waals surface area contributed by atoms with Crippen molar-refractivity contribution in [2.75, 3.05) is 5.32 Å². The Morgan fingerprint density at radius 1 is 1.07 bits per heavy atom. The van der Waals surface area contributed by atoms with Crippen LogP contribution in [0.3, 0.4) is 0 Å². The monoisotopic (exact) mass is 427 g/mol. The van der Waals surface area contributed by atoms with Crippen LogP contribution in [0.25, 0.3) is 22.4 Å². The van der Waals surface area contributed by atoms with Gasteiger partial charge < -0.3 is 20.5 Å². The van der Waals surface area contributed by atoms with Gasteiger partial charge in [0.2, 0.25) is 0 Å². The highest BCUT2D eigenvalue weighted by Crippen LogP contribution is 2.33. The third-order valence-electron chi connectivity index (χ3n) is 4.45. The molecule has 1 aromatic heterocycles. The van der Waals surface area contributed by atoms with Crippen molar-refractivity contribution in [2.24, 2.45) is 0 Å². The molecule has 0 aliphatic rings. The Labute approximate surface area is 175 Å². The van der Waals surface area contributed by atoms with Gasteiger partial charge in [-0.3, -0.25) is 4.79 Å². The van der Waals surface area contributed by atoms with Crippen LogP contribution >= 0.6 is 23.2 Å². The average Bonchev–Trinajstić information content (AvgIpc) is 3.14. The lowest BCUT2D eigenvalue weighted by Crippen LogP contribution is -2.12. The number of aromatic amines is 1. The lowest BCUT2D eigenvalue weighted by atomic mass is 10.1. The van der Waals surface area contributed by atoms with Gasteiger partial charge in [-0.15, -0.1) is 0 Å². The predicted molar refractivity (Wildman–Crippen MR) is 114 cm³/mol. The number of imidazole rings is 1. The molecular formula is C21H15Cl2N3O3. The number of nitrogens with zero attached hydrogens (tertiary/aromatic N) is 1. The van der Waals surface area contributed by atoms with Gasteiger partial charge in [-0.05, 0) is 48.0 Å². The summed E-state index contributed by atoms with van der Waals surface area (Å²) in [6, 6.07) is 14.8. The maximum Gasteiger partial charge on any atom is 0.257 e. The Morgan fingerprint density at radius 3 is 2.52 bits per heavy atom. The smallest absolute Gasteiger partial charge is 0.257 e. The number of hydrogen-bond acceptors (Lipinski definition) is 4. The van der Waals surface area contributed by atoms with Crippen molar-refractivity contribution in [3.63, 3.8) is 0 Å². The molecule has 4 aromatic rings. The van der Waals surface area contributed by atoms with E-state index < -0.39 is 0 Å². The van der Waals surface area contributed by atoms with Gasteiger partial charge in [0.1, 0.15) is 22.6 Å². The Bertz CT molecular complexity index is 1220. The molecule has 0 saturated heterocycles. The number of aliphatic hydroxyl groups is 1. The third-order valence-corrected chi connectivity index (χ3v) is 5.00. The number of anilines is 1. The van der Waals surface area contributed by atoms with Crippen molar-refractivity contribution in [2.45, 2.75) is 6.61 Å². The molecule has 3 aromatic carbocycles. The van der Waals surface area contributed by atoms with Crippen LogP contribution in [0.5, 0.6) is 5.75 Å². The maximum atomic E-state index is 12.8. The number of nitrogens with one attached hydrogen (secondary N) is 2. The van der Waals surface area contributed by atoms with E-state index in [2.05, 4.69) is 15.3 Å². The van der Waals surface area contributed by atoms with E-state index in [4.69, 9.17) is 28.3 Å². The number of amides is 1. The third kappa shape index (κ3) is 3.78. The summed E-state index contributed by atoms with van der Waals surface area (Å²) in [4.78, 5) is 20.3. The molecule has 0 fully saturated rings. The van der Waals surface area contributed by atoms with Crippen LogP contribution in [-0.2, 0) is 6.61 Å². The van der Waals surface area contributed by atoms with Gasteiger partial charge in [-0.1, -0.05) is 35.3 Å². The highest BCUT2D eigenvalue weighted by atomic mass is 35.5. The first-order chi connectivity index (χ1) is 14.0. The Hall–Kier alpha value is -3.06. The number of carbonyl (C=O) groups excluding carboxylic acids is 1. The number of aromatic nitrogens is 2. The van der Waals surface area contributed by atoms with Gasteiger partial charge in [-0.2, -0.15) is 0 Å². The second kappa shape index (κ2) is 7.75. The normalized spacial score (nSPS) is 11.0. The molecule has 6 nitrogen and oxygen atoms in total. The molecule has 8 heteroatoms. The molecule has 29 heavy (non-hydrogen) atoms. The van der Waals surface area contributed by atoms with E-state index in [0.29, 0.717) is 38.2 Å². The van der Waals surface area contributed by atoms with Crippen molar-refractivity contribution in [3.8, 4) is 17.1 Å². The number of benzene rings is 3. The summed E-state index contributed by atoms with van der Waals surface area (Å²) >= 11 is 12.2. The maximum absolute atomic E-state index is 12.8. The Balaban J connectivity index is 1.73. The number of fused-ring (bicyclic) bond motifs is 1. The molecule has 4 rings (SSSR count). The zero-order valence-corrected chi connectivity index (χ0v) is 16.4. The highest BCUT2D eigenvalue weighted by Gasteiger charge is 2.18. The molecule has 0 atom stereocenters. The fraction of sp³-hybridized carbons (Fsp3) is 0.0476. The zero-order chi connectivity index (χ0) is 20.5. The number of carbonyl (C=O) groups is 1. The molecule has 0 saturated carbocycles. The fourth-order valence-electron chi connectivity index (χ4n) is 2.96. The second-order valence-corrected chi connectivity index (χ2v) is 7.22. The molecule has 0 aliphatic carbocycles. The van der Waals surface area contributed by atoms with Crippen LogP contribution in [-0.4, -0.2) is 26.1 Å². The van der Waals surface area contributed by atoms with Crippen LogP contribution in [0, 0.1) is 0 Å². The molecule has 1 heterocycles. The molecule has 0 aliphatic heterocycles. The molecular weight excluding hydrogens is 413 g/mol. The number of hydrogen-bond donors (Lipinski definition) is 4. The van der Waals surface area contributed by atoms with E-state index in [1.54, 1.807) is 42.5 Å². The number of aromatic hydroxyl groups is 1. The second-order valence-electron chi connectivity index (χ2n) is 6.37. The van der Waals surface area contributed by atoms with Crippen molar-refractivity contribution in [3.05, 3.63) is 75.8 Å². The summed E-state index contributed by atoms with van der Waals surface area (Å²) in [5, 5.41) is 23.0. The standard InChI is InChI=1S/C21H15Cl2N3O3/c22-12-3-6-14(16(23)9-12)20-25-18-15(7-8-17(28)19(18)26-20)21(29)24-13-4-1-11(10-27)2-5-13/h1-9,27-28H,10H2,(H,24,29)(H,25,26). The first-order valence-electron chi connectivity index (χ1n) is 8.64. The van der Waals surface area contributed by atoms with Gasteiger partial charge in [-0.25, -0.2) is 4.98 Å². The van der Waals surface area contributed by atoms with Gasteiger partial charge in [0, 0.05) is 16.3 Å². The number of H-pyrrole nitrogens is 1. The zero-order valence-electron chi connectivity index (χ0n) is 14.9. The summed E-state index contributed by atoms with van der Waals surface area (Å²) in [5.74, 6) is -0.01000. The van der Waals surface area contributed by atoms with Gasteiger partial charge in [0.15, 0.2) is 0 Å². The quantitative estimate of drug-likeness (QED) is 0.368. The highest BCUT2D eigenvalue weighted by molar-refractivity contribution is 6.36. The van der Waals surface area contributed by atoms with Gasteiger partial charge >= 0.3 is 0 Å². The summed E-state index contributed by atoms with van der Waals surface area (Å²) in [7, 11) is 0. The van der Waals surface area contributed by atoms with E-state index in [1.807, 2.05) is 0 Å². The number of aliphatic hydroxyl groups excluding tert-OH is 1. The molecule has 0 unspecified atom stereocenters. The molecule has 146 valence electrons. The summed E-state index contributed by atoms with van der Waals surface area (Å²) < 4.78 is 0. The molecule has 0 bridgehead atoms. The first-order valence-corrected chi connectivity index (χ1v) is 9.40. The Morgan fingerprint density at radius 2 is 1.83 bits per heavy atom. The van der Waals surface area contributed by atoms with Crippen LogP contribution in [0.1, 0.15) is 15.9 Å².